The molecule has 0 spiro atoms. The Balaban J connectivity index is 1.72. The third-order valence-electron chi connectivity index (χ3n) is 4.98. The molecule has 13 heteroatoms. The highest BCUT2D eigenvalue weighted by Crippen LogP contribution is 2.41. The van der Waals surface area contributed by atoms with E-state index in [1.165, 1.54) is 0 Å². The summed E-state index contributed by atoms with van der Waals surface area (Å²) < 4.78 is 92.3. The molecule has 1 aliphatic rings. The standard InChI is InChI=1S/C19H16ClF5N2O4S/c20-12-2-1-10(17(28)27-11-4-13(21)16(23)14(22)5-11)3-15(12)32(30,31)26-8-9-6-19(29,7-9)18(24)25/h1-5,9,18,26,29H,6-8H2,(H,27,28). The Morgan fingerprint density at radius 1 is 1.16 bits per heavy atom. The quantitative estimate of drug-likeness (QED) is 0.401. The van der Waals surface area contributed by atoms with Gasteiger partial charge >= 0.3 is 0 Å². The number of benzene rings is 2. The van der Waals surface area contributed by atoms with Crippen molar-refractivity contribution in [1.82, 2.24) is 4.72 Å². The van der Waals surface area contributed by atoms with Gasteiger partial charge in [0.05, 0.1) is 5.02 Å². The molecule has 0 unspecified atom stereocenters. The number of carbonyl (C=O) groups excluding carboxylic acids is 1. The number of amides is 1. The van der Waals surface area contributed by atoms with Gasteiger partial charge in [-0.2, -0.15) is 0 Å². The first-order valence-electron chi connectivity index (χ1n) is 9.08. The van der Waals surface area contributed by atoms with E-state index in [2.05, 4.69) is 10.0 Å². The van der Waals surface area contributed by atoms with Crippen LogP contribution >= 0.6 is 11.6 Å². The van der Waals surface area contributed by atoms with Crippen LogP contribution in [-0.2, 0) is 10.0 Å². The number of hydrogen-bond donors (Lipinski definition) is 3. The summed E-state index contributed by atoms with van der Waals surface area (Å²) in [4.78, 5) is 11.9. The van der Waals surface area contributed by atoms with Crippen LogP contribution in [0, 0.1) is 23.4 Å². The van der Waals surface area contributed by atoms with Gasteiger partial charge in [-0.05, 0) is 37.0 Å². The van der Waals surface area contributed by atoms with Gasteiger partial charge in [-0.15, -0.1) is 0 Å². The van der Waals surface area contributed by atoms with E-state index in [0.717, 1.165) is 18.2 Å². The molecule has 2 aromatic rings. The van der Waals surface area contributed by atoms with Crippen molar-refractivity contribution in [3.8, 4) is 0 Å². The summed E-state index contributed by atoms with van der Waals surface area (Å²) in [5.41, 5.74) is -2.78. The smallest absolute Gasteiger partial charge is 0.266 e. The monoisotopic (exact) mass is 498 g/mol. The molecule has 0 saturated heterocycles. The van der Waals surface area contributed by atoms with E-state index in [-0.39, 0.29) is 30.0 Å². The molecule has 1 amide bonds. The zero-order valence-electron chi connectivity index (χ0n) is 16.0. The van der Waals surface area contributed by atoms with Crippen LogP contribution in [0.4, 0.5) is 27.6 Å². The molecule has 6 nitrogen and oxygen atoms in total. The third-order valence-corrected chi connectivity index (χ3v) is 6.88. The van der Waals surface area contributed by atoms with Crippen molar-refractivity contribution < 1.29 is 40.3 Å². The Kier molecular flexibility index (Phi) is 6.80. The number of sulfonamides is 1. The second-order valence-corrected chi connectivity index (χ2v) is 9.53. The van der Waals surface area contributed by atoms with Gasteiger partial charge in [0, 0.05) is 29.9 Å². The lowest BCUT2D eigenvalue weighted by Crippen LogP contribution is -2.52. The highest BCUT2D eigenvalue weighted by Gasteiger charge is 2.49. The van der Waals surface area contributed by atoms with Gasteiger partial charge in [-0.25, -0.2) is 35.1 Å². The fourth-order valence-electron chi connectivity index (χ4n) is 3.25. The molecule has 3 N–H and O–H groups in total. The number of aliphatic hydroxyl groups is 1. The fourth-order valence-corrected chi connectivity index (χ4v) is 4.89. The van der Waals surface area contributed by atoms with Crippen molar-refractivity contribution in [1.29, 1.82) is 0 Å². The lowest BCUT2D eigenvalue weighted by Gasteiger charge is -2.42. The van der Waals surface area contributed by atoms with E-state index in [1.54, 1.807) is 0 Å². The summed E-state index contributed by atoms with van der Waals surface area (Å²) >= 11 is 5.92. The third kappa shape index (κ3) is 5.03. The Hall–Kier alpha value is -2.28. The lowest BCUT2D eigenvalue weighted by atomic mass is 9.71. The van der Waals surface area contributed by atoms with E-state index in [9.17, 15) is 40.3 Å². The van der Waals surface area contributed by atoms with Crippen molar-refractivity contribution in [2.24, 2.45) is 5.92 Å². The highest BCUT2D eigenvalue weighted by molar-refractivity contribution is 7.89. The van der Waals surface area contributed by atoms with Gasteiger partial charge in [-0.1, -0.05) is 11.6 Å². The zero-order valence-corrected chi connectivity index (χ0v) is 17.6. The molecular weight excluding hydrogens is 483 g/mol. The average molecular weight is 499 g/mol. The molecule has 3 rings (SSSR count). The predicted molar refractivity (Wildman–Crippen MR) is 105 cm³/mol. The van der Waals surface area contributed by atoms with Crippen LogP contribution in [0.15, 0.2) is 35.2 Å². The van der Waals surface area contributed by atoms with Crippen LogP contribution < -0.4 is 10.0 Å². The van der Waals surface area contributed by atoms with Crippen LogP contribution in [0.2, 0.25) is 5.02 Å². The lowest BCUT2D eigenvalue weighted by molar-refractivity contribution is -0.166. The number of hydrogen-bond acceptors (Lipinski definition) is 4. The average Bonchev–Trinajstić information content (AvgIpc) is 2.68. The fraction of sp³-hybridized carbons (Fsp3) is 0.316. The summed E-state index contributed by atoms with van der Waals surface area (Å²) in [7, 11) is -4.27. The SMILES string of the molecule is O=C(Nc1cc(F)c(F)c(F)c1)c1ccc(Cl)c(S(=O)(=O)NCC2CC(O)(C(F)F)C2)c1. The molecule has 0 heterocycles. The Morgan fingerprint density at radius 3 is 2.31 bits per heavy atom. The molecule has 0 aliphatic heterocycles. The maximum Gasteiger partial charge on any atom is 0.266 e. The molecule has 2 aromatic carbocycles. The molecule has 1 aliphatic carbocycles. The van der Waals surface area contributed by atoms with Gasteiger partial charge < -0.3 is 10.4 Å². The number of halogens is 6. The topological polar surface area (TPSA) is 95.5 Å². The first kappa shape index (κ1) is 24.4. The summed E-state index contributed by atoms with van der Waals surface area (Å²) in [6.45, 7) is -0.238. The normalized spacial score (nSPS) is 20.8. The first-order valence-corrected chi connectivity index (χ1v) is 10.9. The van der Waals surface area contributed by atoms with Crippen LogP contribution in [-0.4, -0.2) is 38.0 Å². The highest BCUT2D eigenvalue weighted by atomic mass is 35.5. The predicted octanol–water partition coefficient (Wildman–Crippen LogP) is 3.69. The summed E-state index contributed by atoms with van der Waals surface area (Å²) in [6.07, 6.45) is -3.51. The number of rotatable bonds is 7. The van der Waals surface area contributed by atoms with Gasteiger partial charge in [-0.3, -0.25) is 4.79 Å². The van der Waals surface area contributed by atoms with Crippen molar-refractivity contribution >= 4 is 33.2 Å². The molecule has 32 heavy (non-hydrogen) atoms. The number of nitrogens with one attached hydrogen (secondary N) is 2. The van der Waals surface area contributed by atoms with Gasteiger partial charge in [0.1, 0.15) is 10.5 Å². The summed E-state index contributed by atoms with van der Waals surface area (Å²) in [5.74, 6) is -6.24. The largest absolute Gasteiger partial charge is 0.384 e. The molecule has 0 atom stereocenters. The van der Waals surface area contributed by atoms with Crippen molar-refractivity contribution in [3.05, 3.63) is 58.4 Å². The van der Waals surface area contributed by atoms with Crippen LogP contribution in [0.1, 0.15) is 23.2 Å². The van der Waals surface area contributed by atoms with E-state index in [4.69, 9.17) is 11.6 Å². The second kappa shape index (κ2) is 8.93. The summed E-state index contributed by atoms with van der Waals surface area (Å²) in [6, 6.07) is 4.26. The number of carbonyl (C=O) groups is 1. The molecule has 174 valence electrons. The van der Waals surface area contributed by atoms with Gasteiger partial charge in [0.15, 0.2) is 17.5 Å². The number of anilines is 1. The van der Waals surface area contributed by atoms with Gasteiger partial charge in [0.25, 0.3) is 12.3 Å². The molecule has 0 aromatic heterocycles. The van der Waals surface area contributed by atoms with E-state index >= 15 is 0 Å². The van der Waals surface area contributed by atoms with Crippen LogP contribution in [0.5, 0.6) is 0 Å². The number of alkyl halides is 2. The molecule has 1 fully saturated rings. The van der Waals surface area contributed by atoms with Crippen molar-refractivity contribution in [2.75, 3.05) is 11.9 Å². The van der Waals surface area contributed by atoms with Crippen molar-refractivity contribution in [2.45, 2.75) is 29.8 Å². The first-order chi connectivity index (χ1) is 14.8. The Morgan fingerprint density at radius 2 is 1.75 bits per heavy atom. The minimum absolute atomic E-state index is 0.238. The maximum absolute atomic E-state index is 13.3. The maximum atomic E-state index is 13.3. The molecule has 0 bridgehead atoms. The zero-order chi connectivity index (χ0) is 23.8. The van der Waals surface area contributed by atoms with E-state index < -0.39 is 61.9 Å². The Bertz CT molecular complexity index is 1130. The molecule has 1 saturated carbocycles. The van der Waals surface area contributed by atoms with Crippen molar-refractivity contribution in [3.63, 3.8) is 0 Å². The minimum Gasteiger partial charge on any atom is -0.384 e. The van der Waals surface area contributed by atoms with E-state index in [1.807, 2.05) is 0 Å². The summed E-state index contributed by atoms with van der Waals surface area (Å²) in [5, 5.41) is 11.4. The van der Waals surface area contributed by atoms with Crippen LogP contribution in [0.3, 0.4) is 0 Å². The Labute approximate surface area is 184 Å². The molecule has 0 radical (unpaired) electrons. The second-order valence-electron chi connectivity index (χ2n) is 7.38. The van der Waals surface area contributed by atoms with Gasteiger partial charge in [0.2, 0.25) is 10.0 Å². The molecular formula is C19H16ClF5N2O4S. The minimum atomic E-state index is -4.27. The van der Waals surface area contributed by atoms with E-state index in [0.29, 0.717) is 12.1 Å². The van der Waals surface area contributed by atoms with Crippen LogP contribution in [0.25, 0.3) is 0 Å².